The van der Waals surface area contributed by atoms with Crippen LogP contribution in [0.1, 0.15) is 19.1 Å². The van der Waals surface area contributed by atoms with Crippen LogP contribution in [-0.2, 0) is 6.42 Å². The second-order valence-electron chi connectivity index (χ2n) is 3.83. The van der Waals surface area contributed by atoms with Gasteiger partial charge in [-0.15, -0.1) is 0 Å². The van der Waals surface area contributed by atoms with Crippen LogP contribution in [0, 0.1) is 0 Å². The number of furan rings is 1. The van der Waals surface area contributed by atoms with Crippen molar-refractivity contribution in [3.05, 3.63) is 35.0 Å². The Morgan fingerprint density at radius 3 is 3.00 bits per heavy atom. The predicted octanol–water partition coefficient (Wildman–Crippen LogP) is 3.63. The van der Waals surface area contributed by atoms with Crippen molar-refractivity contribution in [1.29, 1.82) is 0 Å². The molecule has 0 radical (unpaired) electrons. The molecule has 1 aromatic heterocycles. The lowest BCUT2D eigenvalue weighted by Crippen LogP contribution is -2.14. The molecule has 0 atom stereocenters. The molecule has 2 aromatic rings. The number of para-hydroxylation sites is 1. The molecule has 2 rings (SSSR count). The highest BCUT2D eigenvalue weighted by Gasteiger charge is 2.06. The third-order valence-corrected chi connectivity index (χ3v) is 2.87. The normalized spacial score (nSPS) is 11.1. The summed E-state index contributed by atoms with van der Waals surface area (Å²) in [6.45, 7) is 4.16. The molecule has 0 saturated heterocycles. The summed E-state index contributed by atoms with van der Waals surface area (Å²) in [5.41, 5.74) is 0.808. The number of rotatable bonds is 5. The molecule has 1 aromatic carbocycles. The third-order valence-electron chi connectivity index (χ3n) is 2.57. The Morgan fingerprint density at radius 2 is 2.25 bits per heavy atom. The maximum Gasteiger partial charge on any atom is 0.152 e. The van der Waals surface area contributed by atoms with Crippen LogP contribution in [0.4, 0.5) is 0 Å². The highest BCUT2D eigenvalue weighted by atomic mass is 35.5. The monoisotopic (exact) mass is 237 g/mol. The van der Waals surface area contributed by atoms with Gasteiger partial charge in [-0.3, -0.25) is 0 Å². The van der Waals surface area contributed by atoms with E-state index in [1.54, 1.807) is 0 Å². The zero-order chi connectivity index (χ0) is 11.4. The largest absolute Gasteiger partial charge is 0.460 e. The van der Waals surface area contributed by atoms with E-state index in [1.165, 1.54) is 0 Å². The molecule has 0 aliphatic rings. The Labute approximate surface area is 101 Å². The van der Waals surface area contributed by atoms with Crippen molar-refractivity contribution in [2.45, 2.75) is 19.8 Å². The molecule has 0 unspecified atom stereocenters. The first-order valence-electron chi connectivity index (χ1n) is 5.69. The van der Waals surface area contributed by atoms with Gasteiger partial charge < -0.3 is 9.73 Å². The minimum atomic E-state index is 0.690. The first-order valence-corrected chi connectivity index (χ1v) is 6.06. The van der Waals surface area contributed by atoms with Crippen molar-refractivity contribution in [1.82, 2.24) is 5.32 Å². The minimum Gasteiger partial charge on any atom is -0.460 e. The van der Waals surface area contributed by atoms with Crippen molar-refractivity contribution >= 4 is 22.6 Å². The van der Waals surface area contributed by atoms with Crippen molar-refractivity contribution in [3.8, 4) is 0 Å². The van der Waals surface area contributed by atoms with Gasteiger partial charge in [-0.05, 0) is 31.6 Å². The number of nitrogens with one attached hydrogen (secondary N) is 1. The fourth-order valence-corrected chi connectivity index (χ4v) is 1.99. The summed E-state index contributed by atoms with van der Waals surface area (Å²) < 4.78 is 5.72. The third kappa shape index (κ3) is 2.57. The molecular weight excluding hydrogens is 222 g/mol. The zero-order valence-electron chi connectivity index (χ0n) is 9.42. The van der Waals surface area contributed by atoms with Gasteiger partial charge in [0.15, 0.2) is 5.58 Å². The van der Waals surface area contributed by atoms with E-state index in [4.69, 9.17) is 16.0 Å². The van der Waals surface area contributed by atoms with Crippen LogP contribution in [0.5, 0.6) is 0 Å². The van der Waals surface area contributed by atoms with Gasteiger partial charge in [-0.25, -0.2) is 0 Å². The van der Waals surface area contributed by atoms with Crippen LogP contribution in [0.3, 0.4) is 0 Å². The van der Waals surface area contributed by atoms with Gasteiger partial charge in [0, 0.05) is 11.8 Å². The Balaban J connectivity index is 2.05. The van der Waals surface area contributed by atoms with E-state index in [2.05, 4.69) is 18.3 Å². The second kappa shape index (κ2) is 5.37. The molecule has 0 saturated carbocycles. The van der Waals surface area contributed by atoms with Crippen LogP contribution >= 0.6 is 11.6 Å². The lowest BCUT2D eigenvalue weighted by molar-refractivity contribution is 0.531. The van der Waals surface area contributed by atoms with E-state index in [9.17, 15) is 0 Å². The topological polar surface area (TPSA) is 25.2 Å². The predicted molar refractivity (Wildman–Crippen MR) is 68.1 cm³/mol. The number of hydrogen-bond acceptors (Lipinski definition) is 2. The average molecular weight is 238 g/mol. The highest BCUT2D eigenvalue weighted by molar-refractivity contribution is 6.34. The number of aryl methyl sites for hydroxylation is 1. The summed E-state index contributed by atoms with van der Waals surface area (Å²) in [4.78, 5) is 0. The van der Waals surface area contributed by atoms with Gasteiger partial charge in [0.1, 0.15) is 5.76 Å². The molecule has 1 heterocycles. The molecule has 0 aliphatic carbocycles. The zero-order valence-corrected chi connectivity index (χ0v) is 10.2. The van der Waals surface area contributed by atoms with Gasteiger partial charge in [-0.1, -0.05) is 30.7 Å². The second-order valence-corrected chi connectivity index (χ2v) is 4.24. The average Bonchev–Trinajstić information content (AvgIpc) is 2.69. The molecule has 0 aliphatic heterocycles. The van der Waals surface area contributed by atoms with Crippen LogP contribution in [0.25, 0.3) is 11.0 Å². The lowest BCUT2D eigenvalue weighted by atomic mass is 10.2. The van der Waals surface area contributed by atoms with E-state index in [0.717, 1.165) is 42.7 Å². The van der Waals surface area contributed by atoms with E-state index >= 15 is 0 Å². The number of hydrogen-bond donors (Lipinski definition) is 1. The maximum atomic E-state index is 6.05. The Kier molecular flexibility index (Phi) is 3.86. The first kappa shape index (κ1) is 11.5. The van der Waals surface area contributed by atoms with Crippen molar-refractivity contribution < 1.29 is 4.42 Å². The number of halogens is 1. The quantitative estimate of drug-likeness (QED) is 0.804. The molecule has 0 fully saturated rings. The molecule has 86 valence electrons. The SMILES string of the molecule is CCNCCCc1cc2cccc(Cl)c2o1. The highest BCUT2D eigenvalue weighted by Crippen LogP contribution is 2.26. The molecule has 3 heteroatoms. The molecule has 1 N–H and O–H groups in total. The number of fused-ring (bicyclic) bond motifs is 1. The Bertz CT molecular complexity index is 464. The summed E-state index contributed by atoms with van der Waals surface area (Å²) in [5, 5.41) is 5.07. The van der Waals surface area contributed by atoms with Crippen molar-refractivity contribution in [3.63, 3.8) is 0 Å². The van der Waals surface area contributed by atoms with E-state index in [1.807, 2.05) is 18.2 Å². The van der Waals surface area contributed by atoms with Gasteiger partial charge in [0.05, 0.1) is 5.02 Å². The van der Waals surface area contributed by atoms with Gasteiger partial charge >= 0.3 is 0 Å². The van der Waals surface area contributed by atoms with Gasteiger partial charge in [0.25, 0.3) is 0 Å². The smallest absolute Gasteiger partial charge is 0.152 e. The van der Waals surface area contributed by atoms with Gasteiger partial charge in [-0.2, -0.15) is 0 Å². The number of benzene rings is 1. The van der Waals surface area contributed by atoms with Crippen LogP contribution in [-0.4, -0.2) is 13.1 Å². The summed E-state index contributed by atoms with van der Waals surface area (Å²) in [7, 11) is 0. The molecule has 0 amide bonds. The van der Waals surface area contributed by atoms with E-state index in [0.29, 0.717) is 5.02 Å². The molecule has 0 bridgehead atoms. The minimum absolute atomic E-state index is 0.690. The standard InChI is InChI=1S/C13H16ClNO/c1-2-15-8-4-6-11-9-10-5-3-7-12(14)13(10)16-11/h3,5,7,9,15H,2,4,6,8H2,1H3. The summed E-state index contributed by atoms with van der Waals surface area (Å²) >= 11 is 6.05. The molecule has 0 spiro atoms. The van der Waals surface area contributed by atoms with Crippen LogP contribution in [0.2, 0.25) is 5.02 Å². The summed E-state index contributed by atoms with van der Waals surface area (Å²) in [6.07, 6.45) is 2.04. The summed E-state index contributed by atoms with van der Waals surface area (Å²) in [6, 6.07) is 7.91. The van der Waals surface area contributed by atoms with Gasteiger partial charge in [0.2, 0.25) is 0 Å². The van der Waals surface area contributed by atoms with E-state index in [-0.39, 0.29) is 0 Å². The van der Waals surface area contributed by atoms with E-state index < -0.39 is 0 Å². The van der Waals surface area contributed by atoms with Crippen molar-refractivity contribution in [2.75, 3.05) is 13.1 Å². The summed E-state index contributed by atoms with van der Waals surface area (Å²) in [5.74, 6) is 1.01. The van der Waals surface area contributed by atoms with Crippen LogP contribution in [0.15, 0.2) is 28.7 Å². The first-order chi connectivity index (χ1) is 7.81. The Hall–Kier alpha value is -0.990. The molecule has 16 heavy (non-hydrogen) atoms. The fourth-order valence-electron chi connectivity index (χ4n) is 1.77. The molecular formula is C13H16ClNO. The van der Waals surface area contributed by atoms with Crippen LogP contribution < -0.4 is 5.32 Å². The molecule has 2 nitrogen and oxygen atoms in total. The lowest BCUT2D eigenvalue weighted by Gasteiger charge is -1.98. The fraction of sp³-hybridized carbons (Fsp3) is 0.385. The maximum absolute atomic E-state index is 6.05. The Morgan fingerprint density at radius 1 is 1.38 bits per heavy atom. The van der Waals surface area contributed by atoms with Crippen molar-refractivity contribution in [2.24, 2.45) is 0 Å².